The highest BCUT2D eigenvalue weighted by molar-refractivity contribution is 7.13. The van der Waals surface area contributed by atoms with Crippen LogP contribution in [0.3, 0.4) is 0 Å². The van der Waals surface area contributed by atoms with Gasteiger partial charge in [0, 0.05) is 22.4 Å². The van der Waals surface area contributed by atoms with Crippen molar-refractivity contribution in [2.75, 3.05) is 0 Å². The molecule has 0 saturated heterocycles. The van der Waals surface area contributed by atoms with Gasteiger partial charge < -0.3 is 0 Å². The summed E-state index contributed by atoms with van der Waals surface area (Å²) >= 11 is 1.58. The van der Waals surface area contributed by atoms with Crippen LogP contribution in [0.4, 0.5) is 0 Å². The maximum absolute atomic E-state index is 4.64. The molecule has 0 aliphatic heterocycles. The lowest BCUT2D eigenvalue weighted by Gasteiger charge is -2.19. The zero-order valence-electron chi connectivity index (χ0n) is 11.5. The van der Waals surface area contributed by atoms with Gasteiger partial charge in [0.25, 0.3) is 0 Å². The third-order valence-corrected chi connectivity index (χ3v) is 3.68. The molecule has 0 aromatic carbocycles. The number of pyridine rings is 1. The van der Waals surface area contributed by atoms with Crippen molar-refractivity contribution in [3.63, 3.8) is 0 Å². The summed E-state index contributed by atoms with van der Waals surface area (Å²) in [5.41, 5.74) is 2.50. The van der Waals surface area contributed by atoms with Crippen molar-refractivity contribution in [1.82, 2.24) is 9.36 Å². The average Bonchev–Trinajstić information content (AvgIpc) is 2.57. The van der Waals surface area contributed by atoms with Crippen LogP contribution in [-0.4, -0.2) is 9.36 Å². The van der Waals surface area contributed by atoms with E-state index in [-0.39, 0.29) is 10.8 Å². The van der Waals surface area contributed by atoms with Gasteiger partial charge in [-0.15, -0.1) is 0 Å². The second-order valence-corrected chi connectivity index (χ2v) is 7.34. The molecule has 0 bridgehead atoms. The van der Waals surface area contributed by atoms with Gasteiger partial charge in [0.05, 0.1) is 16.1 Å². The second kappa shape index (κ2) is 3.77. The first-order valence-corrected chi connectivity index (χ1v) is 6.74. The topological polar surface area (TPSA) is 25.8 Å². The van der Waals surface area contributed by atoms with Gasteiger partial charge in [0.2, 0.25) is 0 Å². The number of hydrogen-bond donors (Lipinski definition) is 0. The van der Waals surface area contributed by atoms with Crippen LogP contribution in [0, 0.1) is 0 Å². The van der Waals surface area contributed by atoms with E-state index in [1.807, 2.05) is 6.20 Å². The molecule has 2 aromatic rings. The number of rotatable bonds is 0. The highest BCUT2D eigenvalue weighted by Gasteiger charge is 2.25. The van der Waals surface area contributed by atoms with Gasteiger partial charge in [-0.05, 0) is 17.6 Å². The lowest BCUT2D eigenvalue weighted by Crippen LogP contribution is -2.14. The maximum Gasteiger partial charge on any atom is 0.0773 e. The summed E-state index contributed by atoms with van der Waals surface area (Å²) in [5.74, 6) is 0. The summed E-state index contributed by atoms with van der Waals surface area (Å²) < 4.78 is 5.88. The molecule has 0 spiro atoms. The lowest BCUT2D eigenvalue weighted by atomic mass is 9.87. The van der Waals surface area contributed by atoms with Crippen LogP contribution in [-0.2, 0) is 10.8 Å². The van der Waals surface area contributed by atoms with Gasteiger partial charge in [0.1, 0.15) is 0 Å². The molecule has 0 aliphatic rings. The van der Waals surface area contributed by atoms with Crippen molar-refractivity contribution in [3.8, 4) is 0 Å². The molecule has 2 nitrogen and oxygen atoms in total. The highest BCUT2D eigenvalue weighted by Crippen LogP contribution is 2.36. The van der Waals surface area contributed by atoms with Crippen LogP contribution in [0.25, 0.3) is 10.1 Å². The van der Waals surface area contributed by atoms with Crippen molar-refractivity contribution in [2.45, 2.75) is 52.4 Å². The molecule has 2 rings (SSSR count). The normalized spacial score (nSPS) is 13.3. The third-order valence-electron chi connectivity index (χ3n) is 2.81. The molecule has 0 atom stereocenters. The Kier molecular flexibility index (Phi) is 2.77. The minimum atomic E-state index is 0.0706. The summed E-state index contributed by atoms with van der Waals surface area (Å²) in [5, 5.41) is 1.27. The summed E-state index contributed by atoms with van der Waals surface area (Å²) in [7, 11) is 0. The Balaban J connectivity index is 2.74. The molecular weight excluding hydrogens is 228 g/mol. The molecule has 0 N–H and O–H groups in total. The number of hydrogen-bond acceptors (Lipinski definition) is 3. The fourth-order valence-electron chi connectivity index (χ4n) is 1.94. The first kappa shape index (κ1) is 12.5. The zero-order valence-corrected chi connectivity index (χ0v) is 12.3. The second-order valence-electron chi connectivity index (χ2n) is 6.57. The molecule has 0 unspecified atom stereocenters. The van der Waals surface area contributed by atoms with Crippen LogP contribution in [0.15, 0.2) is 12.3 Å². The zero-order chi connectivity index (χ0) is 12.8. The molecule has 17 heavy (non-hydrogen) atoms. The Morgan fingerprint density at radius 3 is 2.06 bits per heavy atom. The van der Waals surface area contributed by atoms with E-state index in [0.29, 0.717) is 0 Å². The van der Waals surface area contributed by atoms with E-state index in [1.54, 1.807) is 11.5 Å². The Morgan fingerprint density at radius 1 is 0.941 bits per heavy atom. The minimum absolute atomic E-state index is 0.0706. The molecule has 3 heteroatoms. The third kappa shape index (κ3) is 2.21. The summed E-state index contributed by atoms with van der Waals surface area (Å²) in [6, 6.07) is 2.09. The predicted octanol–water partition coefficient (Wildman–Crippen LogP) is 4.29. The molecular formula is C14H20N2S. The fourth-order valence-corrected chi connectivity index (χ4v) is 3.21. The van der Waals surface area contributed by atoms with Crippen molar-refractivity contribution in [3.05, 3.63) is 23.7 Å². The standard InChI is InChI=1S/C14H20N2S/c1-13(2,3)11-9-7-8-15-12(14(4,5)6)10(9)17-16-11/h7-8H,1-6H3. The largest absolute Gasteiger partial charge is 0.259 e. The first-order chi connectivity index (χ1) is 7.71. The molecule has 2 aromatic heterocycles. The number of fused-ring (bicyclic) bond motifs is 1. The predicted molar refractivity (Wildman–Crippen MR) is 74.8 cm³/mol. The molecule has 0 radical (unpaired) electrons. The smallest absolute Gasteiger partial charge is 0.0773 e. The maximum atomic E-state index is 4.64. The van der Waals surface area contributed by atoms with Crippen molar-refractivity contribution in [1.29, 1.82) is 0 Å². The molecule has 0 saturated carbocycles. The van der Waals surface area contributed by atoms with Gasteiger partial charge in [-0.25, -0.2) is 0 Å². The van der Waals surface area contributed by atoms with Gasteiger partial charge in [-0.2, -0.15) is 4.37 Å². The van der Waals surface area contributed by atoms with E-state index in [2.05, 4.69) is 57.0 Å². The highest BCUT2D eigenvalue weighted by atomic mass is 32.1. The van der Waals surface area contributed by atoms with E-state index in [1.165, 1.54) is 15.8 Å². The SMILES string of the molecule is CC(C)(C)c1nsc2c(C(C)(C)C)nccc12. The summed E-state index contributed by atoms with van der Waals surface area (Å²) in [4.78, 5) is 4.54. The Morgan fingerprint density at radius 2 is 1.53 bits per heavy atom. The van der Waals surface area contributed by atoms with Gasteiger partial charge in [-0.3, -0.25) is 4.98 Å². The molecule has 0 fully saturated rings. The lowest BCUT2D eigenvalue weighted by molar-refractivity contribution is 0.574. The van der Waals surface area contributed by atoms with Gasteiger partial charge in [-0.1, -0.05) is 41.5 Å². The van der Waals surface area contributed by atoms with E-state index in [9.17, 15) is 0 Å². The van der Waals surface area contributed by atoms with Crippen LogP contribution < -0.4 is 0 Å². The quantitative estimate of drug-likeness (QED) is 0.695. The minimum Gasteiger partial charge on any atom is -0.259 e. The average molecular weight is 248 g/mol. The van der Waals surface area contributed by atoms with Crippen LogP contribution in [0.2, 0.25) is 0 Å². The number of aromatic nitrogens is 2. The van der Waals surface area contributed by atoms with E-state index < -0.39 is 0 Å². The summed E-state index contributed by atoms with van der Waals surface area (Å²) in [6.45, 7) is 13.2. The van der Waals surface area contributed by atoms with Crippen LogP contribution >= 0.6 is 11.5 Å². The summed E-state index contributed by atoms with van der Waals surface area (Å²) in [6.07, 6.45) is 1.91. The van der Waals surface area contributed by atoms with Crippen molar-refractivity contribution >= 4 is 21.6 Å². The van der Waals surface area contributed by atoms with Crippen LogP contribution in [0.1, 0.15) is 52.9 Å². The Hall–Kier alpha value is -0.960. The van der Waals surface area contributed by atoms with Crippen molar-refractivity contribution in [2.24, 2.45) is 0 Å². The molecule has 2 heterocycles. The van der Waals surface area contributed by atoms with Gasteiger partial charge >= 0.3 is 0 Å². The number of nitrogens with zero attached hydrogens (tertiary/aromatic N) is 2. The van der Waals surface area contributed by atoms with Crippen LogP contribution in [0.5, 0.6) is 0 Å². The van der Waals surface area contributed by atoms with Gasteiger partial charge in [0.15, 0.2) is 0 Å². The van der Waals surface area contributed by atoms with E-state index >= 15 is 0 Å². The van der Waals surface area contributed by atoms with E-state index in [0.717, 1.165) is 5.69 Å². The van der Waals surface area contributed by atoms with E-state index in [4.69, 9.17) is 0 Å². The molecule has 92 valence electrons. The molecule has 0 amide bonds. The van der Waals surface area contributed by atoms with Crippen molar-refractivity contribution < 1.29 is 0 Å². The first-order valence-electron chi connectivity index (χ1n) is 5.96. The Bertz CT molecular complexity index is 541. The molecule has 0 aliphatic carbocycles. The monoisotopic (exact) mass is 248 g/mol. The Labute approximate surface area is 107 Å². The fraction of sp³-hybridized carbons (Fsp3) is 0.571.